The van der Waals surface area contributed by atoms with Gasteiger partial charge < -0.3 is 0 Å². The smallest absolute Gasteiger partial charge is 0.212 e. The minimum Gasteiger partial charge on any atom is -0.212 e. The van der Waals surface area contributed by atoms with Crippen molar-refractivity contribution in [2.24, 2.45) is 0 Å². The van der Waals surface area contributed by atoms with Gasteiger partial charge in [-0.15, -0.1) is 11.3 Å². The van der Waals surface area contributed by atoms with Gasteiger partial charge in [-0.2, -0.15) is 0 Å². The first kappa shape index (κ1) is 10.3. The molecule has 1 unspecified atom stereocenters. The van der Waals surface area contributed by atoms with Gasteiger partial charge in [0.2, 0.25) is 9.05 Å². The number of rotatable bonds is 2. The van der Waals surface area contributed by atoms with Gasteiger partial charge in [0.05, 0.1) is 4.34 Å². The van der Waals surface area contributed by atoms with E-state index >= 15 is 0 Å². The molecule has 68 valence electrons. The first-order valence-corrected chi connectivity index (χ1v) is 6.66. The fourth-order valence-electron chi connectivity index (χ4n) is 0.686. The van der Waals surface area contributed by atoms with Gasteiger partial charge in [-0.3, -0.25) is 0 Å². The predicted octanol–water partition coefficient (Wildman–Crippen LogP) is 3.03. The third kappa shape index (κ3) is 2.36. The number of hydrogen-bond acceptors (Lipinski definition) is 3. The third-order valence-corrected chi connectivity index (χ3v) is 4.88. The molecule has 6 heteroatoms. The van der Waals surface area contributed by atoms with Gasteiger partial charge in [0.1, 0.15) is 5.25 Å². The van der Waals surface area contributed by atoms with Crippen molar-refractivity contribution in [2.45, 2.75) is 12.2 Å². The highest BCUT2D eigenvalue weighted by atomic mass is 35.7. The van der Waals surface area contributed by atoms with E-state index in [1.165, 1.54) is 18.3 Å². The average molecular weight is 245 g/mol. The maximum absolute atomic E-state index is 10.9. The molecule has 1 rings (SSSR count). The number of thiophene rings is 1. The molecule has 1 atom stereocenters. The zero-order valence-electron chi connectivity index (χ0n) is 6.12. The van der Waals surface area contributed by atoms with Gasteiger partial charge in [0.15, 0.2) is 0 Å². The van der Waals surface area contributed by atoms with Gasteiger partial charge in [0, 0.05) is 15.6 Å². The van der Waals surface area contributed by atoms with Crippen LogP contribution in [0.5, 0.6) is 0 Å². The molecule has 0 aromatic carbocycles. The first-order chi connectivity index (χ1) is 5.41. The second-order valence-corrected chi connectivity index (χ2v) is 6.96. The third-order valence-electron chi connectivity index (χ3n) is 1.42. The highest BCUT2D eigenvalue weighted by Crippen LogP contribution is 2.32. The Hall–Kier alpha value is 0.230. The Kier molecular flexibility index (Phi) is 3.04. The second-order valence-electron chi connectivity index (χ2n) is 2.26. The lowest BCUT2D eigenvalue weighted by Crippen LogP contribution is -1.99. The standard InChI is InChI=1S/C6H6Cl2O2S2/c1-4(12(8,9)10)5-2-3-6(7)11-5/h2-4H,1H3. The topological polar surface area (TPSA) is 34.1 Å². The normalized spacial score (nSPS) is 14.6. The van der Waals surface area contributed by atoms with Crippen molar-refractivity contribution < 1.29 is 8.42 Å². The summed E-state index contributed by atoms with van der Waals surface area (Å²) in [5, 5.41) is -0.684. The summed E-state index contributed by atoms with van der Waals surface area (Å²) in [6.45, 7) is 1.53. The fraction of sp³-hybridized carbons (Fsp3) is 0.333. The average Bonchev–Trinajstić information content (AvgIpc) is 2.32. The monoisotopic (exact) mass is 244 g/mol. The van der Waals surface area contributed by atoms with Crippen molar-refractivity contribution in [3.8, 4) is 0 Å². The molecule has 0 fully saturated rings. The molecule has 0 saturated heterocycles. The molecule has 0 amide bonds. The molecule has 2 nitrogen and oxygen atoms in total. The Bertz CT molecular complexity index is 369. The fourth-order valence-corrected chi connectivity index (χ4v) is 3.01. The van der Waals surface area contributed by atoms with Crippen LogP contribution in [0.1, 0.15) is 17.1 Å². The maximum atomic E-state index is 10.9. The molecular weight excluding hydrogens is 239 g/mol. The van der Waals surface area contributed by atoms with E-state index in [1.807, 2.05) is 0 Å². The van der Waals surface area contributed by atoms with Crippen molar-refractivity contribution in [3.63, 3.8) is 0 Å². The Balaban J connectivity index is 3.01. The molecule has 1 aromatic rings. The molecule has 1 aromatic heterocycles. The van der Waals surface area contributed by atoms with E-state index in [9.17, 15) is 8.42 Å². The quantitative estimate of drug-likeness (QED) is 0.750. The Morgan fingerprint density at radius 1 is 1.50 bits per heavy atom. The van der Waals surface area contributed by atoms with Gasteiger partial charge in [-0.25, -0.2) is 8.42 Å². The maximum Gasteiger partial charge on any atom is 0.240 e. The summed E-state index contributed by atoms with van der Waals surface area (Å²) < 4.78 is 22.3. The van der Waals surface area contributed by atoms with Gasteiger partial charge >= 0.3 is 0 Å². The van der Waals surface area contributed by atoms with E-state index in [4.69, 9.17) is 22.3 Å². The SMILES string of the molecule is CC(c1ccc(Cl)s1)S(=O)(=O)Cl. The minimum absolute atomic E-state index is 0.567. The molecule has 0 aliphatic rings. The summed E-state index contributed by atoms with van der Waals surface area (Å²) in [4.78, 5) is 0.662. The van der Waals surface area contributed by atoms with Crippen LogP contribution >= 0.6 is 33.6 Å². The summed E-state index contributed by atoms with van der Waals surface area (Å²) in [6.07, 6.45) is 0. The largest absolute Gasteiger partial charge is 0.240 e. The van der Waals surface area contributed by atoms with Crippen molar-refractivity contribution in [1.82, 2.24) is 0 Å². The molecule has 0 aliphatic carbocycles. The molecule has 0 radical (unpaired) electrons. The van der Waals surface area contributed by atoms with Crippen LogP contribution in [0.3, 0.4) is 0 Å². The number of halogens is 2. The van der Waals surface area contributed by atoms with Crippen LogP contribution in [0.2, 0.25) is 4.34 Å². The van der Waals surface area contributed by atoms with Crippen LogP contribution in [0.15, 0.2) is 12.1 Å². The Labute approximate surface area is 84.5 Å². The van der Waals surface area contributed by atoms with Crippen molar-refractivity contribution in [2.75, 3.05) is 0 Å². The van der Waals surface area contributed by atoms with E-state index in [1.54, 1.807) is 12.1 Å². The molecule has 0 saturated carbocycles. The van der Waals surface area contributed by atoms with Gasteiger partial charge in [0.25, 0.3) is 0 Å². The summed E-state index contributed by atoms with van der Waals surface area (Å²) in [6, 6.07) is 3.32. The number of hydrogen-bond donors (Lipinski definition) is 0. The minimum atomic E-state index is -3.52. The van der Waals surface area contributed by atoms with E-state index in [0.29, 0.717) is 9.21 Å². The lowest BCUT2D eigenvalue weighted by Gasteiger charge is -2.02. The summed E-state index contributed by atoms with van der Waals surface area (Å²) in [7, 11) is 1.64. The van der Waals surface area contributed by atoms with E-state index in [0.717, 1.165) is 0 Å². The van der Waals surface area contributed by atoms with Crippen LogP contribution in [0, 0.1) is 0 Å². The molecule has 0 bridgehead atoms. The van der Waals surface area contributed by atoms with E-state index in [2.05, 4.69) is 0 Å². The lowest BCUT2D eigenvalue weighted by atomic mass is 10.4. The van der Waals surface area contributed by atoms with Gasteiger partial charge in [-0.05, 0) is 19.1 Å². The van der Waals surface area contributed by atoms with E-state index in [-0.39, 0.29) is 0 Å². The van der Waals surface area contributed by atoms with Crippen molar-refractivity contribution >= 4 is 42.7 Å². The molecule has 0 spiro atoms. The molecular formula is C6H6Cl2O2S2. The molecule has 0 N–H and O–H groups in total. The molecule has 1 heterocycles. The molecule has 0 aliphatic heterocycles. The second kappa shape index (κ2) is 3.54. The summed E-state index contributed by atoms with van der Waals surface area (Å²) in [5.41, 5.74) is 0. The van der Waals surface area contributed by atoms with Crippen LogP contribution in [0.25, 0.3) is 0 Å². The first-order valence-electron chi connectivity index (χ1n) is 3.10. The van der Waals surface area contributed by atoms with Crippen molar-refractivity contribution in [1.29, 1.82) is 0 Å². The Morgan fingerprint density at radius 2 is 2.08 bits per heavy atom. The van der Waals surface area contributed by atoms with Crippen LogP contribution < -0.4 is 0 Å². The van der Waals surface area contributed by atoms with Gasteiger partial charge in [-0.1, -0.05) is 11.6 Å². The highest BCUT2D eigenvalue weighted by molar-refractivity contribution is 8.14. The lowest BCUT2D eigenvalue weighted by molar-refractivity contribution is 0.601. The predicted molar refractivity (Wildman–Crippen MR) is 52.5 cm³/mol. The van der Waals surface area contributed by atoms with Crippen LogP contribution in [0.4, 0.5) is 0 Å². The zero-order valence-corrected chi connectivity index (χ0v) is 9.27. The summed E-state index contributed by atoms with van der Waals surface area (Å²) in [5.74, 6) is 0. The van der Waals surface area contributed by atoms with Crippen LogP contribution in [-0.2, 0) is 9.05 Å². The van der Waals surface area contributed by atoms with E-state index < -0.39 is 14.3 Å². The summed E-state index contributed by atoms with van der Waals surface area (Å²) >= 11 is 6.86. The zero-order chi connectivity index (χ0) is 9.35. The Morgan fingerprint density at radius 3 is 2.42 bits per heavy atom. The van der Waals surface area contributed by atoms with Crippen LogP contribution in [-0.4, -0.2) is 8.42 Å². The van der Waals surface area contributed by atoms with Crippen molar-refractivity contribution in [3.05, 3.63) is 21.3 Å². The molecule has 12 heavy (non-hydrogen) atoms. The highest BCUT2D eigenvalue weighted by Gasteiger charge is 2.20.